The van der Waals surface area contributed by atoms with Crippen molar-refractivity contribution in [3.8, 4) is 17.2 Å². The Balaban J connectivity index is 1.68. The zero-order valence-corrected chi connectivity index (χ0v) is 15.6. The molecule has 2 unspecified atom stereocenters. The van der Waals surface area contributed by atoms with Gasteiger partial charge in [-0.25, -0.2) is 4.39 Å². The van der Waals surface area contributed by atoms with E-state index in [2.05, 4.69) is 6.58 Å². The standard InChI is InChI=1S/C22H21F3O3/c1-3-15-7-5-13(11-27-15)16-10-14-9-12-6-8-17(26-4-2)19(24)21(12)28-22(14)20(25)18(16)23/h3,6,8,10,13,15H,1,4-5,7,9,11H2,2H3. The van der Waals surface area contributed by atoms with Crippen LogP contribution in [-0.4, -0.2) is 19.3 Å². The van der Waals surface area contributed by atoms with Crippen molar-refractivity contribution >= 4 is 0 Å². The fourth-order valence-electron chi connectivity index (χ4n) is 3.83. The fourth-order valence-corrected chi connectivity index (χ4v) is 3.83. The van der Waals surface area contributed by atoms with Crippen LogP contribution >= 0.6 is 0 Å². The van der Waals surface area contributed by atoms with Gasteiger partial charge in [-0.05, 0) is 37.5 Å². The minimum atomic E-state index is -1.09. The van der Waals surface area contributed by atoms with E-state index in [0.717, 1.165) is 0 Å². The summed E-state index contributed by atoms with van der Waals surface area (Å²) in [6.07, 6.45) is 3.29. The van der Waals surface area contributed by atoms with Gasteiger partial charge in [0.2, 0.25) is 11.6 Å². The molecule has 2 aliphatic rings. The summed E-state index contributed by atoms with van der Waals surface area (Å²) in [5.41, 5.74) is 1.34. The molecule has 2 aromatic carbocycles. The number of hydrogen-bond donors (Lipinski definition) is 0. The highest BCUT2D eigenvalue weighted by Gasteiger charge is 2.32. The molecule has 2 aliphatic heterocycles. The maximum absolute atomic E-state index is 14.8. The molecule has 1 fully saturated rings. The summed E-state index contributed by atoms with van der Waals surface area (Å²) in [7, 11) is 0. The Hall–Kier alpha value is -2.47. The monoisotopic (exact) mass is 390 g/mol. The van der Waals surface area contributed by atoms with E-state index in [1.165, 1.54) is 6.07 Å². The number of rotatable bonds is 4. The van der Waals surface area contributed by atoms with Crippen LogP contribution < -0.4 is 9.47 Å². The molecule has 0 aliphatic carbocycles. The van der Waals surface area contributed by atoms with E-state index in [1.807, 2.05) is 0 Å². The number of benzene rings is 2. The molecule has 28 heavy (non-hydrogen) atoms. The predicted octanol–water partition coefficient (Wildman–Crippen LogP) is 5.65. The van der Waals surface area contributed by atoms with E-state index in [0.29, 0.717) is 30.6 Å². The largest absolute Gasteiger partial charge is 0.491 e. The molecule has 2 atom stereocenters. The zero-order chi connectivity index (χ0) is 19.8. The summed E-state index contributed by atoms with van der Waals surface area (Å²) in [5, 5.41) is 0. The normalized spacial score (nSPS) is 20.7. The highest BCUT2D eigenvalue weighted by Crippen LogP contribution is 2.45. The first-order valence-corrected chi connectivity index (χ1v) is 9.40. The molecular weight excluding hydrogens is 369 g/mol. The smallest absolute Gasteiger partial charge is 0.207 e. The van der Waals surface area contributed by atoms with Crippen LogP contribution in [0.4, 0.5) is 13.2 Å². The lowest BCUT2D eigenvalue weighted by Crippen LogP contribution is -2.24. The summed E-state index contributed by atoms with van der Waals surface area (Å²) in [5.74, 6) is -3.35. The van der Waals surface area contributed by atoms with Crippen LogP contribution in [0.3, 0.4) is 0 Å². The van der Waals surface area contributed by atoms with E-state index < -0.39 is 17.5 Å². The van der Waals surface area contributed by atoms with Gasteiger partial charge >= 0.3 is 0 Å². The highest BCUT2D eigenvalue weighted by atomic mass is 19.2. The van der Waals surface area contributed by atoms with Gasteiger partial charge in [0, 0.05) is 23.5 Å². The van der Waals surface area contributed by atoms with Gasteiger partial charge in [-0.3, -0.25) is 0 Å². The Morgan fingerprint density at radius 2 is 1.89 bits per heavy atom. The molecule has 0 spiro atoms. The lowest BCUT2D eigenvalue weighted by atomic mass is 9.88. The van der Waals surface area contributed by atoms with Crippen molar-refractivity contribution in [2.45, 2.75) is 38.2 Å². The van der Waals surface area contributed by atoms with Gasteiger partial charge in [0.15, 0.2) is 23.1 Å². The highest BCUT2D eigenvalue weighted by molar-refractivity contribution is 5.55. The van der Waals surface area contributed by atoms with Crippen molar-refractivity contribution in [3.63, 3.8) is 0 Å². The summed E-state index contributed by atoms with van der Waals surface area (Å²) >= 11 is 0. The van der Waals surface area contributed by atoms with Crippen molar-refractivity contribution < 1.29 is 27.4 Å². The average Bonchev–Trinajstić information content (AvgIpc) is 2.72. The van der Waals surface area contributed by atoms with E-state index in [-0.39, 0.29) is 47.9 Å². The molecule has 6 heteroatoms. The summed E-state index contributed by atoms with van der Waals surface area (Å²) in [6, 6.07) is 4.83. The van der Waals surface area contributed by atoms with Crippen LogP contribution in [0.2, 0.25) is 0 Å². The minimum Gasteiger partial charge on any atom is -0.491 e. The molecule has 4 rings (SSSR count). The Labute approximate surface area is 161 Å². The van der Waals surface area contributed by atoms with Gasteiger partial charge < -0.3 is 14.2 Å². The number of hydrogen-bond acceptors (Lipinski definition) is 3. The maximum atomic E-state index is 14.8. The average molecular weight is 390 g/mol. The molecular formula is C22H21F3O3. The molecule has 0 bridgehead atoms. The van der Waals surface area contributed by atoms with E-state index in [4.69, 9.17) is 14.2 Å². The van der Waals surface area contributed by atoms with Crippen LogP contribution in [-0.2, 0) is 11.2 Å². The van der Waals surface area contributed by atoms with Gasteiger partial charge in [0.1, 0.15) is 0 Å². The third-order valence-corrected chi connectivity index (χ3v) is 5.31. The number of fused-ring (bicyclic) bond motifs is 2. The molecule has 2 aromatic rings. The van der Waals surface area contributed by atoms with Crippen molar-refractivity contribution in [2.75, 3.05) is 13.2 Å². The Morgan fingerprint density at radius 3 is 2.57 bits per heavy atom. The third-order valence-electron chi connectivity index (χ3n) is 5.31. The second kappa shape index (κ2) is 7.51. The van der Waals surface area contributed by atoms with Gasteiger partial charge in [0.25, 0.3) is 0 Å². The first-order chi connectivity index (χ1) is 13.5. The summed E-state index contributed by atoms with van der Waals surface area (Å²) in [4.78, 5) is 0. The lowest BCUT2D eigenvalue weighted by molar-refractivity contribution is 0.0319. The molecule has 0 saturated carbocycles. The Bertz CT molecular complexity index is 918. The predicted molar refractivity (Wildman–Crippen MR) is 98.7 cm³/mol. The summed E-state index contributed by atoms with van der Waals surface area (Å²) < 4.78 is 60.5. The Kier molecular flexibility index (Phi) is 5.06. The molecule has 0 amide bonds. The fraction of sp³-hybridized carbons (Fsp3) is 0.364. The van der Waals surface area contributed by atoms with Crippen LogP contribution in [0.25, 0.3) is 0 Å². The zero-order valence-electron chi connectivity index (χ0n) is 15.6. The molecule has 1 saturated heterocycles. The van der Waals surface area contributed by atoms with Gasteiger partial charge in [-0.2, -0.15) is 8.78 Å². The van der Waals surface area contributed by atoms with E-state index in [1.54, 1.807) is 25.1 Å². The number of halogens is 3. The molecule has 0 N–H and O–H groups in total. The van der Waals surface area contributed by atoms with Gasteiger partial charge in [0.05, 0.1) is 19.3 Å². The molecule has 148 valence electrons. The van der Waals surface area contributed by atoms with Crippen LogP contribution in [0.1, 0.15) is 42.4 Å². The SMILES string of the molecule is C=CC1CCC(c2cc3c(c(F)c2F)Oc2c(ccc(OCC)c2F)C3)CO1. The van der Waals surface area contributed by atoms with Crippen LogP contribution in [0.5, 0.6) is 17.2 Å². The maximum Gasteiger partial charge on any atom is 0.207 e. The minimum absolute atomic E-state index is 0.0262. The first kappa shape index (κ1) is 18.9. The second-order valence-corrected chi connectivity index (χ2v) is 7.04. The van der Waals surface area contributed by atoms with E-state index in [9.17, 15) is 13.2 Å². The molecule has 3 nitrogen and oxygen atoms in total. The van der Waals surface area contributed by atoms with Crippen molar-refractivity contribution in [3.05, 3.63) is 65.0 Å². The molecule has 0 radical (unpaired) electrons. The number of ether oxygens (including phenoxy) is 3. The van der Waals surface area contributed by atoms with Crippen molar-refractivity contribution in [1.82, 2.24) is 0 Å². The van der Waals surface area contributed by atoms with Crippen molar-refractivity contribution in [2.24, 2.45) is 0 Å². The van der Waals surface area contributed by atoms with Gasteiger partial charge in [-0.1, -0.05) is 12.1 Å². The quantitative estimate of drug-likeness (QED) is 0.539. The van der Waals surface area contributed by atoms with Crippen molar-refractivity contribution in [1.29, 1.82) is 0 Å². The lowest BCUT2D eigenvalue weighted by Gasteiger charge is -2.29. The van der Waals surface area contributed by atoms with Crippen LogP contribution in [0, 0.1) is 17.5 Å². The topological polar surface area (TPSA) is 27.7 Å². The van der Waals surface area contributed by atoms with E-state index >= 15 is 0 Å². The Morgan fingerprint density at radius 1 is 1.11 bits per heavy atom. The second-order valence-electron chi connectivity index (χ2n) is 7.04. The molecule has 2 heterocycles. The third kappa shape index (κ3) is 3.15. The summed E-state index contributed by atoms with van der Waals surface area (Å²) in [6.45, 7) is 6.02. The first-order valence-electron chi connectivity index (χ1n) is 9.40. The molecule has 0 aromatic heterocycles. The van der Waals surface area contributed by atoms with Crippen LogP contribution in [0.15, 0.2) is 30.9 Å². The van der Waals surface area contributed by atoms with Gasteiger partial charge in [-0.15, -0.1) is 6.58 Å².